The second kappa shape index (κ2) is 8.87. The maximum absolute atomic E-state index is 5.72. The fourth-order valence-corrected chi connectivity index (χ4v) is 3.81. The molecule has 0 aliphatic carbocycles. The van der Waals surface area contributed by atoms with Crippen molar-refractivity contribution in [1.82, 2.24) is 0 Å². The molecular formula is C11H25NO3Si. The molecule has 0 rings (SSSR count). The summed E-state index contributed by atoms with van der Waals surface area (Å²) in [4.78, 5) is 4.37. The lowest BCUT2D eigenvalue weighted by molar-refractivity contribution is 0.0720. The molecule has 0 aromatic carbocycles. The summed E-state index contributed by atoms with van der Waals surface area (Å²) in [6.45, 7) is 12.5. The quantitative estimate of drug-likeness (QED) is 0.464. The van der Waals surface area contributed by atoms with E-state index in [9.17, 15) is 0 Å². The molecule has 0 amide bonds. The topological polar surface area (TPSA) is 40.0 Å². The third-order valence-corrected chi connectivity index (χ3v) is 4.96. The van der Waals surface area contributed by atoms with Crippen molar-refractivity contribution in [3.05, 3.63) is 0 Å². The van der Waals surface area contributed by atoms with Gasteiger partial charge in [0.05, 0.1) is 0 Å². The van der Waals surface area contributed by atoms with E-state index < -0.39 is 8.80 Å². The Morgan fingerprint density at radius 3 is 1.69 bits per heavy atom. The largest absolute Gasteiger partial charge is 0.502 e. The lowest BCUT2D eigenvalue weighted by atomic mass is 10.5. The van der Waals surface area contributed by atoms with Gasteiger partial charge in [-0.25, -0.2) is 0 Å². The highest BCUT2D eigenvalue weighted by Gasteiger charge is 2.39. The molecule has 5 heteroatoms. The molecule has 0 bridgehead atoms. The highest BCUT2D eigenvalue weighted by molar-refractivity contribution is 6.60. The fourth-order valence-electron chi connectivity index (χ4n) is 1.42. The molecule has 0 heterocycles. The molecule has 0 aliphatic rings. The maximum atomic E-state index is 5.72. The molecular weight excluding hydrogens is 222 g/mol. The number of aliphatic imine (C=N–C) groups is 1. The Morgan fingerprint density at radius 2 is 1.38 bits per heavy atom. The molecule has 0 saturated carbocycles. The van der Waals surface area contributed by atoms with E-state index in [-0.39, 0.29) is 0 Å². The Hall–Kier alpha value is -0.233. The van der Waals surface area contributed by atoms with E-state index in [0.29, 0.717) is 26.4 Å². The summed E-state index contributed by atoms with van der Waals surface area (Å²) in [6.07, 6.45) is 0. The third kappa shape index (κ3) is 6.37. The minimum atomic E-state index is -2.47. The Kier molecular flexibility index (Phi) is 8.74. The minimum absolute atomic E-state index is 0.626. The molecule has 96 valence electrons. The van der Waals surface area contributed by atoms with Crippen LogP contribution in [0.25, 0.3) is 0 Å². The number of nitrogens with zero attached hydrogens (tertiary/aromatic N) is 1. The van der Waals surface area contributed by atoms with Crippen LogP contribution in [0.15, 0.2) is 4.99 Å². The maximum Gasteiger partial charge on any atom is 0.502 e. The van der Waals surface area contributed by atoms with Crippen LogP contribution in [0, 0.1) is 0 Å². The average molecular weight is 247 g/mol. The molecule has 4 nitrogen and oxygen atoms in total. The van der Waals surface area contributed by atoms with Crippen molar-refractivity contribution in [3.8, 4) is 0 Å². The molecule has 0 saturated heterocycles. The second-order valence-corrected chi connectivity index (χ2v) is 6.29. The van der Waals surface area contributed by atoms with E-state index in [1.54, 1.807) is 0 Å². The average Bonchev–Trinajstić information content (AvgIpc) is 2.18. The summed E-state index contributed by atoms with van der Waals surface area (Å²) >= 11 is 0. The Morgan fingerprint density at radius 1 is 0.938 bits per heavy atom. The van der Waals surface area contributed by atoms with E-state index in [4.69, 9.17) is 13.3 Å². The van der Waals surface area contributed by atoms with Gasteiger partial charge in [0.15, 0.2) is 0 Å². The molecule has 0 atom stereocenters. The monoisotopic (exact) mass is 247 g/mol. The summed E-state index contributed by atoms with van der Waals surface area (Å²) in [5, 5.41) is 0. The van der Waals surface area contributed by atoms with Crippen molar-refractivity contribution in [3.63, 3.8) is 0 Å². The van der Waals surface area contributed by atoms with Crippen molar-refractivity contribution in [2.45, 2.75) is 40.7 Å². The summed E-state index contributed by atoms with van der Waals surface area (Å²) in [5.41, 5.74) is 1.08. The van der Waals surface area contributed by atoms with Gasteiger partial charge < -0.3 is 13.3 Å². The van der Waals surface area contributed by atoms with Crippen molar-refractivity contribution < 1.29 is 13.3 Å². The van der Waals surface area contributed by atoms with Gasteiger partial charge in [-0.1, -0.05) is 0 Å². The summed E-state index contributed by atoms with van der Waals surface area (Å²) < 4.78 is 17.2. The Balaban J connectivity index is 4.40. The summed E-state index contributed by atoms with van der Waals surface area (Å²) in [5.74, 6) is 0. The van der Waals surface area contributed by atoms with E-state index in [0.717, 1.165) is 11.8 Å². The molecule has 0 spiro atoms. The normalized spacial score (nSPS) is 11.6. The first-order valence-corrected chi connectivity index (χ1v) is 7.92. The van der Waals surface area contributed by atoms with Gasteiger partial charge in [-0.05, 0) is 34.6 Å². The predicted octanol–water partition coefficient (Wildman–Crippen LogP) is 2.52. The first kappa shape index (κ1) is 15.8. The van der Waals surface area contributed by atoms with Crippen LogP contribution in [0.2, 0.25) is 6.04 Å². The first-order chi connectivity index (χ1) is 7.60. The van der Waals surface area contributed by atoms with Gasteiger partial charge in [-0.2, -0.15) is 0 Å². The number of hydrogen-bond donors (Lipinski definition) is 0. The molecule has 0 N–H and O–H groups in total. The van der Waals surface area contributed by atoms with Gasteiger partial charge in [-0.15, -0.1) is 0 Å². The molecule has 0 unspecified atom stereocenters. The molecule has 16 heavy (non-hydrogen) atoms. The molecule has 0 aliphatic heterocycles. The van der Waals surface area contributed by atoms with E-state index >= 15 is 0 Å². The van der Waals surface area contributed by atoms with Gasteiger partial charge in [0.1, 0.15) is 0 Å². The lowest BCUT2D eigenvalue weighted by Crippen LogP contribution is -2.46. The Bertz CT molecular complexity index is 188. The van der Waals surface area contributed by atoms with E-state index in [2.05, 4.69) is 4.99 Å². The standard InChI is InChI=1S/C11H25NO3Si/c1-6-13-16(14-7-2,15-8-3)10-9-12-11(4)5/h6-10H2,1-5H3. The highest BCUT2D eigenvalue weighted by atomic mass is 28.4. The van der Waals surface area contributed by atoms with Crippen LogP contribution in [0.5, 0.6) is 0 Å². The molecule has 0 fully saturated rings. The minimum Gasteiger partial charge on any atom is -0.374 e. The zero-order chi connectivity index (χ0) is 12.4. The second-order valence-electron chi connectivity index (χ2n) is 3.56. The lowest BCUT2D eigenvalue weighted by Gasteiger charge is -2.27. The predicted molar refractivity (Wildman–Crippen MR) is 69.1 cm³/mol. The van der Waals surface area contributed by atoms with Crippen LogP contribution in [0.3, 0.4) is 0 Å². The van der Waals surface area contributed by atoms with Gasteiger partial charge >= 0.3 is 8.80 Å². The summed E-state index contributed by atoms with van der Waals surface area (Å²) in [7, 11) is -2.47. The highest BCUT2D eigenvalue weighted by Crippen LogP contribution is 2.15. The molecule has 0 radical (unpaired) electrons. The van der Waals surface area contributed by atoms with Crippen molar-refractivity contribution in [1.29, 1.82) is 0 Å². The van der Waals surface area contributed by atoms with Gasteiger partial charge in [0.25, 0.3) is 0 Å². The first-order valence-electron chi connectivity index (χ1n) is 5.99. The SMILES string of the molecule is CCO[Si](CCN=C(C)C)(OCC)OCC. The van der Waals surface area contributed by atoms with Crippen LogP contribution in [-0.2, 0) is 13.3 Å². The third-order valence-electron chi connectivity index (χ3n) is 1.94. The number of hydrogen-bond acceptors (Lipinski definition) is 4. The zero-order valence-electron chi connectivity index (χ0n) is 11.2. The zero-order valence-corrected chi connectivity index (χ0v) is 12.2. The smallest absolute Gasteiger partial charge is 0.374 e. The van der Waals surface area contributed by atoms with Gasteiger partial charge in [0, 0.05) is 38.1 Å². The van der Waals surface area contributed by atoms with Gasteiger partial charge in [0.2, 0.25) is 0 Å². The van der Waals surface area contributed by atoms with Crippen molar-refractivity contribution in [2.75, 3.05) is 26.4 Å². The van der Waals surface area contributed by atoms with E-state index in [1.807, 2.05) is 34.6 Å². The van der Waals surface area contributed by atoms with Crippen LogP contribution in [-0.4, -0.2) is 40.9 Å². The van der Waals surface area contributed by atoms with Crippen molar-refractivity contribution >= 4 is 14.5 Å². The molecule has 0 aromatic rings. The van der Waals surface area contributed by atoms with E-state index in [1.165, 1.54) is 0 Å². The van der Waals surface area contributed by atoms with Crippen LogP contribution in [0.4, 0.5) is 0 Å². The number of rotatable bonds is 9. The van der Waals surface area contributed by atoms with Crippen LogP contribution in [0.1, 0.15) is 34.6 Å². The Labute approximate surface area is 100 Å². The van der Waals surface area contributed by atoms with Crippen LogP contribution >= 0.6 is 0 Å². The van der Waals surface area contributed by atoms with Crippen molar-refractivity contribution in [2.24, 2.45) is 4.99 Å². The van der Waals surface area contributed by atoms with Gasteiger partial charge in [-0.3, -0.25) is 4.99 Å². The van der Waals surface area contributed by atoms with Crippen LogP contribution < -0.4 is 0 Å². The fraction of sp³-hybridized carbons (Fsp3) is 0.909. The summed E-state index contributed by atoms with van der Waals surface area (Å²) in [6, 6.07) is 0.758. The molecule has 0 aromatic heterocycles.